The number of hydrogen-bond donors (Lipinski definition) is 2. The molecule has 7 nitrogen and oxygen atoms in total. The first-order valence-corrected chi connectivity index (χ1v) is 10.6. The lowest BCUT2D eigenvalue weighted by molar-refractivity contribution is -0.125. The number of aromatic amines is 1. The minimum absolute atomic E-state index is 0.0534. The first kappa shape index (κ1) is 19.9. The Balaban J connectivity index is 1.50. The predicted octanol–water partition coefficient (Wildman–Crippen LogP) is 3.71. The van der Waals surface area contributed by atoms with E-state index in [2.05, 4.69) is 33.5 Å². The Bertz CT molecular complexity index is 1370. The molecule has 160 valence electrons. The third-order valence-electron chi connectivity index (χ3n) is 6.19. The number of anilines is 1. The van der Waals surface area contributed by atoms with Crippen LogP contribution in [0.1, 0.15) is 41.3 Å². The van der Waals surface area contributed by atoms with Crippen molar-refractivity contribution in [2.45, 2.75) is 32.2 Å². The molecule has 3 heterocycles. The summed E-state index contributed by atoms with van der Waals surface area (Å²) < 4.78 is 0. The summed E-state index contributed by atoms with van der Waals surface area (Å²) in [6.07, 6.45) is 5.51. The summed E-state index contributed by atoms with van der Waals surface area (Å²) in [5.74, 6) is -0.396. The van der Waals surface area contributed by atoms with Crippen molar-refractivity contribution in [3.05, 3.63) is 71.5 Å². The van der Waals surface area contributed by atoms with E-state index in [-0.39, 0.29) is 24.3 Å². The highest BCUT2D eigenvalue weighted by Crippen LogP contribution is 2.41. The fourth-order valence-corrected chi connectivity index (χ4v) is 4.63. The summed E-state index contributed by atoms with van der Waals surface area (Å²) in [6.45, 7) is 1.93. The second-order valence-electron chi connectivity index (χ2n) is 8.11. The van der Waals surface area contributed by atoms with Crippen molar-refractivity contribution in [3.8, 4) is 0 Å². The van der Waals surface area contributed by atoms with Crippen molar-refractivity contribution in [2.75, 3.05) is 4.90 Å². The van der Waals surface area contributed by atoms with Crippen molar-refractivity contribution in [1.82, 2.24) is 15.3 Å². The second-order valence-corrected chi connectivity index (χ2v) is 8.11. The monoisotopic (exact) mass is 426 g/mol. The summed E-state index contributed by atoms with van der Waals surface area (Å²) in [5.41, 5.74) is 4.71. The predicted molar refractivity (Wildman–Crippen MR) is 123 cm³/mol. The number of fused-ring (bicyclic) bond motifs is 1. The van der Waals surface area contributed by atoms with Crippen LogP contribution < -0.4 is 10.2 Å². The normalized spacial score (nSPS) is 13.7. The van der Waals surface area contributed by atoms with Gasteiger partial charge in [0.2, 0.25) is 12.3 Å². The lowest BCUT2D eigenvalue weighted by atomic mass is 9.96. The van der Waals surface area contributed by atoms with Crippen LogP contribution in [0, 0.1) is 0 Å². The molecular weight excluding hydrogens is 404 g/mol. The van der Waals surface area contributed by atoms with E-state index in [0.29, 0.717) is 18.4 Å². The van der Waals surface area contributed by atoms with Crippen LogP contribution in [0.15, 0.2) is 54.9 Å². The van der Waals surface area contributed by atoms with Crippen LogP contribution in [0.4, 0.5) is 5.69 Å². The number of pyridine rings is 1. The maximum absolute atomic E-state index is 13.2. The molecular formula is C25H22N4O3. The highest BCUT2D eigenvalue weighted by Gasteiger charge is 2.33. The topological polar surface area (TPSA) is 95.2 Å². The molecule has 0 fully saturated rings. The molecule has 2 N–H and O–H groups in total. The Morgan fingerprint density at radius 2 is 2.00 bits per heavy atom. The van der Waals surface area contributed by atoms with Crippen molar-refractivity contribution >= 4 is 45.7 Å². The Morgan fingerprint density at radius 1 is 1.16 bits per heavy atom. The quantitative estimate of drug-likeness (QED) is 0.441. The third kappa shape index (κ3) is 3.22. The van der Waals surface area contributed by atoms with Gasteiger partial charge >= 0.3 is 0 Å². The first-order chi connectivity index (χ1) is 15.6. The van der Waals surface area contributed by atoms with Crippen molar-refractivity contribution in [3.63, 3.8) is 0 Å². The van der Waals surface area contributed by atoms with Gasteiger partial charge in [0.15, 0.2) is 0 Å². The van der Waals surface area contributed by atoms with E-state index >= 15 is 0 Å². The van der Waals surface area contributed by atoms with E-state index in [1.165, 1.54) is 0 Å². The summed E-state index contributed by atoms with van der Waals surface area (Å²) >= 11 is 0. The Kier molecular flexibility index (Phi) is 4.93. The van der Waals surface area contributed by atoms with Gasteiger partial charge < -0.3 is 9.88 Å². The molecule has 3 amide bonds. The van der Waals surface area contributed by atoms with Gasteiger partial charge in [-0.25, -0.2) is 4.98 Å². The van der Waals surface area contributed by atoms with Gasteiger partial charge in [-0.3, -0.25) is 19.7 Å². The number of benzene rings is 2. The highest BCUT2D eigenvalue weighted by molar-refractivity contribution is 6.25. The molecule has 32 heavy (non-hydrogen) atoms. The number of rotatable bonds is 7. The summed E-state index contributed by atoms with van der Waals surface area (Å²) in [5, 5.41) is 5.26. The molecule has 0 saturated heterocycles. The number of hydrogen-bond acceptors (Lipinski definition) is 4. The van der Waals surface area contributed by atoms with Gasteiger partial charge in [0.1, 0.15) is 5.65 Å². The van der Waals surface area contributed by atoms with Gasteiger partial charge in [-0.1, -0.05) is 18.2 Å². The molecule has 2 aromatic carbocycles. The molecule has 0 saturated carbocycles. The molecule has 0 radical (unpaired) electrons. The molecule has 0 spiro atoms. The minimum atomic E-state index is -0.343. The average Bonchev–Trinajstić information content (AvgIpc) is 3.34. The van der Waals surface area contributed by atoms with E-state index < -0.39 is 0 Å². The Hall–Kier alpha value is -4.00. The standard InChI is InChI=1S/C25H22N4O3/c1-15(7-10-22(31)28-14-30)29-21-9-8-16(18-4-2-5-20(23(18)21)25(29)32)12-17-13-27-24-19(17)6-3-11-26-24/h2-6,8-9,11,13-15H,7,10,12H2,1H3,(H,26,27)(H,28,30,31). The van der Waals surface area contributed by atoms with Gasteiger partial charge in [-0.2, -0.15) is 0 Å². The van der Waals surface area contributed by atoms with E-state index in [1.54, 1.807) is 11.1 Å². The number of aromatic nitrogens is 2. The first-order valence-electron chi connectivity index (χ1n) is 10.6. The Labute approximate surface area is 184 Å². The summed E-state index contributed by atoms with van der Waals surface area (Å²) in [6, 6.07) is 13.7. The number of carbonyl (C=O) groups excluding carboxylic acids is 3. The van der Waals surface area contributed by atoms with Crippen LogP contribution >= 0.6 is 0 Å². The second kappa shape index (κ2) is 7.92. The maximum atomic E-state index is 13.2. The number of nitrogens with one attached hydrogen (secondary N) is 2. The van der Waals surface area contributed by atoms with E-state index in [1.807, 2.05) is 37.4 Å². The molecule has 0 bridgehead atoms. The van der Waals surface area contributed by atoms with Crippen LogP contribution in [0.25, 0.3) is 21.8 Å². The van der Waals surface area contributed by atoms with E-state index in [4.69, 9.17) is 0 Å². The molecule has 5 rings (SSSR count). The van der Waals surface area contributed by atoms with Crippen LogP contribution in [-0.2, 0) is 16.0 Å². The Morgan fingerprint density at radius 3 is 2.84 bits per heavy atom. The van der Waals surface area contributed by atoms with Gasteiger partial charge in [-0.05, 0) is 54.1 Å². The maximum Gasteiger partial charge on any atom is 0.259 e. The number of H-pyrrole nitrogens is 1. The van der Waals surface area contributed by atoms with Gasteiger partial charge in [-0.15, -0.1) is 0 Å². The lowest BCUT2D eigenvalue weighted by Gasteiger charge is -2.25. The molecule has 0 aliphatic carbocycles. The number of amides is 3. The van der Waals surface area contributed by atoms with Gasteiger partial charge in [0, 0.05) is 47.6 Å². The average molecular weight is 426 g/mol. The zero-order chi connectivity index (χ0) is 22.2. The largest absolute Gasteiger partial charge is 0.346 e. The van der Waals surface area contributed by atoms with Crippen LogP contribution in [0.2, 0.25) is 0 Å². The number of nitrogens with zero attached hydrogens (tertiary/aromatic N) is 2. The molecule has 4 aromatic rings. The fourth-order valence-electron chi connectivity index (χ4n) is 4.63. The van der Waals surface area contributed by atoms with Crippen LogP contribution in [0.3, 0.4) is 0 Å². The minimum Gasteiger partial charge on any atom is -0.346 e. The van der Waals surface area contributed by atoms with Crippen molar-refractivity contribution in [2.24, 2.45) is 0 Å². The molecule has 1 atom stereocenters. The van der Waals surface area contributed by atoms with Crippen molar-refractivity contribution in [1.29, 1.82) is 0 Å². The third-order valence-corrected chi connectivity index (χ3v) is 6.19. The molecule has 7 heteroatoms. The fraction of sp³-hybridized carbons (Fsp3) is 0.200. The van der Waals surface area contributed by atoms with E-state index in [0.717, 1.165) is 45.0 Å². The van der Waals surface area contributed by atoms with Gasteiger partial charge in [0.25, 0.3) is 5.91 Å². The lowest BCUT2D eigenvalue weighted by Crippen LogP contribution is -2.36. The zero-order valence-electron chi connectivity index (χ0n) is 17.6. The SMILES string of the molecule is CC(CCC(=O)NC=O)N1C(=O)c2cccc3c(Cc4c[nH]c5ncccc45)ccc1c23. The van der Waals surface area contributed by atoms with Gasteiger partial charge in [0.05, 0.1) is 5.69 Å². The zero-order valence-corrected chi connectivity index (χ0v) is 17.6. The van der Waals surface area contributed by atoms with Crippen molar-refractivity contribution < 1.29 is 14.4 Å². The molecule has 1 aliphatic heterocycles. The smallest absolute Gasteiger partial charge is 0.259 e. The van der Waals surface area contributed by atoms with Crippen LogP contribution in [-0.4, -0.2) is 34.2 Å². The molecule has 2 aromatic heterocycles. The molecule has 1 unspecified atom stereocenters. The number of carbonyl (C=O) groups is 3. The highest BCUT2D eigenvalue weighted by atomic mass is 16.2. The summed E-state index contributed by atoms with van der Waals surface area (Å²) in [7, 11) is 0. The van der Waals surface area contributed by atoms with E-state index in [9.17, 15) is 14.4 Å². The number of imide groups is 1. The van der Waals surface area contributed by atoms with Crippen LogP contribution in [0.5, 0.6) is 0 Å². The molecule has 1 aliphatic rings. The summed E-state index contributed by atoms with van der Waals surface area (Å²) in [4.78, 5) is 44.8.